The van der Waals surface area contributed by atoms with Gasteiger partial charge in [-0.05, 0) is 38.3 Å². The molecule has 0 spiro atoms. The van der Waals surface area contributed by atoms with E-state index in [9.17, 15) is 14.7 Å². The van der Waals surface area contributed by atoms with Crippen LogP contribution in [0.2, 0.25) is 0 Å². The molecule has 1 aliphatic heterocycles. The Morgan fingerprint density at radius 1 is 1.46 bits per heavy atom. The molecule has 1 saturated heterocycles. The van der Waals surface area contributed by atoms with Crippen LogP contribution in [0.1, 0.15) is 33.1 Å². The second kappa shape index (κ2) is 11.0. The van der Waals surface area contributed by atoms with Crippen LogP contribution in [0, 0.1) is 0 Å². The van der Waals surface area contributed by atoms with E-state index >= 15 is 0 Å². The lowest BCUT2D eigenvalue weighted by Crippen LogP contribution is -2.59. The summed E-state index contributed by atoms with van der Waals surface area (Å²) in [7, 11) is 0. The molecule has 0 radical (unpaired) electrons. The second-order valence-corrected chi connectivity index (χ2v) is 7.02. The molecule has 0 aromatic rings. The number of carbonyl (C=O) groups excluding carboxylic acids is 1. The minimum absolute atomic E-state index is 0.00806. The summed E-state index contributed by atoms with van der Waals surface area (Å²) in [5.74, 6) is -1.28. The molecule has 2 N–H and O–H groups in total. The van der Waals surface area contributed by atoms with E-state index in [1.807, 2.05) is 6.92 Å². The van der Waals surface area contributed by atoms with Crippen LogP contribution in [-0.2, 0) is 19.1 Å². The number of hydrogen-bond acceptors (Lipinski definition) is 6. The molecule has 2 aliphatic rings. The van der Waals surface area contributed by atoms with E-state index in [4.69, 9.17) is 15.0 Å². The van der Waals surface area contributed by atoms with E-state index in [1.54, 1.807) is 6.08 Å². The summed E-state index contributed by atoms with van der Waals surface area (Å²) >= 11 is 0. The van der Waals surface area contributed by atoms with Gasteiger partial charge in [-0.15, -0.1) is 0 Å². The predicted octanol–water partition coefficient (Wildman–Crippen LogP) is 1.47. The largest absolute Gasteiger partial charge is 0.478 e. The molecule has 1 aliphatic carbocycles. The van der Waals surface area contributed by atoms with Gasteiger partial charge in [0.2, 0.25) is 5.91 Å². The first kappa shape index (κ1) is 22.2. The van der Waals surface area contributed by atoms with Crippen molar-refractivity contribution < 1.29 is 24.2 Å². The zero-order valence-electron chi connectivity index (χ0n) is 16.4. The summed E-state index contributed by atoms with van der Waals surface area (Å²) in [5, 5.41) is 16.1. The van der Waals surface area contributed by atoms with E-state index in [2.05, 4.69) is 20.2 Å². The lowest BCUT2D eigenvalue weighted by molar-refractivity contribution is -0.133. The van der Waals surface area contributed by atoms with Crippen molar-refractivity contribution in [1.82, 2.24) is 10.2 Å². The van der Waals surface area contributed by atoms with E-state index in [0.29, 0.717) is 26.4 Å². The van der Waals surface area contributed by atoms with Crippen LogP contribution in [0.15, 0.2) is 16.8 Å². The summed E-state index contributed by atoms with van der Waals surface area (Å²) in [4.78, 5) is 28.3. The maximum atomic E-state index is 11.7. The average molecular weight is 395 g/mol. The monoisotopic (exact) mass is 395 g/mol. The van der Waals surface area contributed by atoms with Crippen LogP contribution in [0.25, 0.3) is 10.4 Å². The Hall–Kier alpha value is -2.13. The lowest BCUT2D eigenvalue weighted by atomic mass is 9.85. The number of carboxylic acids is 1. The van der Waals surface area contributed by atoms with Gasteiger partial charge in [-0.1, -0.05) is 11.2 Å². The number of ether oxygens (including phenoxy) is 2. The number of azide groups is 1. The first-order valence-corrected chi connectivity index (χ1v) is 9.65. The van der Waals surface area contributed by atoms with E-state index in [1.165, 1.54) is 6.92 Å². The van der Waals surface area contributed by atoms with Gasteiger partial charge in [0.1, 0.15) is 0 Å². The number of likely N-dealkylation sites (tertiary alicyclic amines) is 1. The van der Waals surface area contributed by atoms with Gasteiger partial charge < -0.3 is 19.9 Å². The lowest BCUT2D eigenvalue weighted by Gasteiger charge is -2.44. The molecule has 10 heteroatoms. The number of carboxylic acid groups (broad SMARTS) is 1. The Balaban J connectivity index is 2.18. The van der Waals surface area contributed by atoms with Gasteiger partial charge in [0.15, 0.2) is 0 Å². The normalized spacial score (nSPS) is 28.1. The van der Waals surface area contributed by atoms with E-state index in [0.717, 1.165) is 19.4 Å². The molecule has 0 unspecified atom stereocenters. The van der Waals surface area contributed by atoms with Gasteiger partial charge in [0, 0.05) is 36.6 Å². The number of rotatable bonds is 9. The van der Waals surface area contributed by atoms with Crippen LogP contribution in [-0.4, -0.2) is 79.0 Å². The highest BCUT2D eigenvalue weighted by atomic mass is 16.5. The zero-order chi connectivity index (χ0) is 20.5. The highest BCUT2D eigenvalue weighted by molar-refractivity contribution is 5.87. The summed E-state index contributed by atoms with van der Waals surface area (Å²) < 4.78 is 11.2. The molecule has 1 amide bonds. The number of piperidine rings is 1. The molecular formula is C18H29N5O5. The van der Waals surface area contributed by atoms with Crippen LogP contribution >= 0.6 is 0 Å². The SMILES string of the molecule is CCOCCO[C@H]1CCCN([C@@H]2C=C(C(=O)O)C[C@H](N=[N+]=[N-])[C@H]2NC(C)=O)C1. The molecule has 156 valence electrons. The van der Waals surface area contributed by atoms with Gasteiger partial charge in [-0.3, -0.25) is 9.69 Å². The van der Waals surface area contributed by atoms with Crippen LogP contribution in [0.4, 0.5) is 0 Å². The van der Waals surface area contributed by atoms with E-state index in [-0.39, 0.29) is 30.0 Å². The Bertz CT molecular complexity index is 634. The van der Waals surface area contributed by atoms with Crippen molar-refractivity contribution in [1.29, 1.82) is 0 Å². The van der Waals surface area contributed by atoms with Crippen molar-refractivity contribution in [2.24, 2.45) is 5.11 Å². The molecule has 1 fully saturated rings. The van der Waals surface area contributed by atoms with Crippen molar-refractivity contribution >= 4 is 11.9 Å². The first-order valence-electron chi connectivity index (χ1n) is 9.65. The summed E-state index contributed by atoms with van der Waals surface area (Å²) in [6.07, 6.45) is 3.58. The van der Waals surface area contributed by atoms with Crippen molar-refractivity contribution in [2.45, 2.75) is 57.3 Å². The van der Waals surface area contributed by atoms with Gasteiger partial charge in [0.05, 0.1) is 31.4 Å². The van der Waals surface area contributed by atoms with Crippen molar-refractivity contribution in [2.75, 3.05) is 32.9 Å². The fraction of sp³-hybridized carbons (Fsp3) is 0.778. The molecule has 0 bridgehead atoms. The molecule has 4 atom stereocenters. The van der Waals surface area contributed by atoms with Crippen molar-refractivity contribution in [3.63, 3.8) is 0 Å². The predicted molar refractivity (Wildman–Crippen MR) is 102 cm³/mol. The number of hydrogen-bond donors (Lipinski definition) is 2. The zero-order valence-corrected chi connectivity index (χ0v) is 16.4. The average Bonchev–Trinajstić information content (AvgIpc) is 2.66. The Morgan fingerprint density at radius 2 is 2.25 bits per heavy atom. The molecular weight excluding hydrogens is 366 g/mol. The smallest absolute Gasteiger partial charge is 0.331 e. The molecule has 1 heterocycles. The van der Waals surface area contributed by atoms with Gasteiger partial charge >= 0.3 is 5.97 Å². The third-order valence-electron chi connectivity index (χ3n) is 5.04. The minimum Gasteiger partial charge on any atom is -0.478 e. The fourth-order valence-electron chi connectivity index (χ4n) is 3.84. The van der Waals surface area contributed by atoms with Crippen LogP contribution in [0.3, 0.4) is 0 Å². The van der Waals surface area contributed by atoms with Crippen LogP contribution < -0.4 is 5.32 Å². The second-order valence-electron chi connectivity index (χ2n) is 7.02. The summed E-state index contributed by atoms with van der Waals surface area (Å²) in [6, 6.07) is -1.52. The molecule has 0 saturated carbocycles. The number of carbonyl (C=O) groups is 2. The van der Waals surface area contributed by atoms with Crippen molar-refractivity contribution in [3.8, 4) is 0 Å². The quantitative estimate of drug-likeness (QED) is 0.262. The Kier molecular flexibility index (Phi) is 8.72. The molecule has 28 heavy (non-hydrogen) atoms. The Morgan fingerprint density at radius 3 is 2.89 bits per heavy atom. The third-order valence-corrected chi connectivity index (χ3v) is 5.04. The Labute approximate surface area is 164 Å². The topological polar surface area (TPSA) is 137 Å². The number of nitrogens with one attached hydrogen (secondary N) is 1. The molecule has 0 aromatic carbocycles. The highest BCUT2D eigenvalue weighted by Crippen LogP contribution is 2.28. The molecule has 10 nitrogen and oxygen atoms in total. The van der Waals surface area contributed by atoms with Gasteiger partial charge in [-0.25, -0.2) is 4.79 Å². The maximum Gasteiger partial charge on any atom is 0.331 e. The number of amides is 1. The number of nitrogens with zero attached hydrogens (tertiary/aromatic N) is 4. The summed E-state index contributed by atoms with van der Waals surface area (Å²) in [6.45, 7) is 6.37. The van der Waals surface area contributed by atoms with Gasteiger partial charge in [0.25, 0.3) is 0 Å². The van der Waals surface area contributed by atoms with E-state index < -0.39 is 18.1 Å². The molecule has 2 rings (SSSR count). The van der Waals surface area contributed by atoms with Crippen molar-refractivity contribution in [3.05, 3.63) is 22.1 Å². The first-order chi connectivity index (χ1) is 13.5. The van der Waals surface area contributed by atoms with Gasteiger partial charge in [-0.2, -0.15) is 0 Å². The highest BCUT2D eigenvalue weighted by Gasteiger charge is 2.39. The summed E-state index contributed by atoms with van der Waals surface area (Å²) in [5.41, 5.74) is 9.11. The molecule has 0 aromatic heterocycles. The maximum absolute atomic E-state index is 11.7. The van der Waals surface area contributed by atoms with Crippen LogP contribution in [0.5, 0.6) is 0 Å². The fourth-order valence-corrected chi connectivity index (χ4v) is 3.84. The number of aliphatic carboxylic acids is 1. The standard InChI is InChI=1S/C18H29N5O5/c1-3-27-7-8-28-14-5-4-6-23(11-14)16-10-13(18(25)26)9-15(21-22-19)17(16)20-12(2)24/h10,14-17H,3-9,11H2,1-2H3,(H,20,24)(H,25,26)/t14-,15-,16+,17+/m0/s1. The minimum atomic E-state index is -1.04. The third kappa shape index (κ3) is 6.20.